The molecule has 16 heavy (non-hydrogen) atoms. The molecule has 0 atom stereocenters. The fraction of sp³-hybridized carbons (Fsp3) is 0.300. The van der Waals surface area contributed by atoms with Crippen LogP contribution in [0, 0.1) is 6.92 Å². The van der Waals surface area contributed by atoms with E-state index in [1.54, 1.807) is 17.1 Å². The Morgan fingerprint density at radius 2 is 2.25 bits per heavy atom. The first kappa shape index (κ1) is 10.9. The number of halogens is 1. The highest BCUT2D eigenvalue weighted by atomic mass is 35.5. The van der Waals surface area contributed by atoms with Gasteiger partial charge < -0.3 is 5.32 Å². The van der Waals surface area contributed by atoms with Crippen LogP contribution in [0.3, 0.4) is 0 Å². The lowest BCUT2D eigenvalue weighted by Gasteiger charge is -2.08. The second-order valence-electron chi connectivity index (χ2n) is 3.55. The molecule has 0 unspecified atom stereocenters. The highest BCUT2D eigenvalue weighted by molar-refractivity contribution is 6.31. The average molecular weight is 238 g/mol. The lowest BCUT2D eigenvalue weighted by Crippen LogP contribution is -2.06. The number of aryl methyl sites for hydroxylation is 2. The molecule has 0 aliphatic rings. The van der Waals surface area contributed by atoms with E-state index in [-0.39, 0.29) is 0 Å². The normalized spacial score (nSPS) is 10.4. The van der Waals surface area contributed by atoms with Gasteiger partial charge >= 0.3 is 0 Å². The highest BCUT2D eigenvalue weighted by Gasteiger charge is 2.03. The Bertz CT molecular complexity index is 494. The lowest BCUT2D eigenvalue weighted by molar-refractivity contribution is 0.683. The molecule has 0 saturated carbocycles. The van der Waals surface area contributed by atoms with Gasteiger partial charge in [0.05, 0.1) is 24.1 Å². The first-order valence-corrected chi connectivity index (χ1v) is 5.24. The van der Waals surface area contributed by atoms with E-state index in [1.807, 2.05) is 20.0 Å². The van der Waals surface area contributed by atoms with Crippen LogP contribution in [0.15, 0.2) is 18.5 Å². The number of rotatable bonds is 3. The molecule has 0 fully saturated rings. The third kappa shape index (κ3) is 2.30. The van der Waals surface area contributed by atoms with Crippen LogP contribution in [0.25, 0.3) is 0 Å². The number of nitrogens with one attached hydrogen (secondary N) is 1. The monoisotopic (exact) mass is 237 g/mol. The molecule has 0 aromatic carbocycles. The molecular formula is C10H12ClN5. The van der Waals surface area contributed by atoms with Crippen molar-refractivity contribution >= 4 is 17.3 Å². The van der Waals surface area contributed by atoms with Crippen LogP contribution in [0.4, 0.5) is 5.69 Å². The van der Waals surface area contributed by atoms with Crippen molar-refractivity contribution in [3.8, 4) is 0 Å². The van der Waals surface area contributed by atoms with Crippen molar-refractivity contribution in [2.45, 2.75) is 13.5 Å². The molecule has 1 N–H and O–H groups in total. The van der Waals surface area contributed by atoms with E-state index < -0.39 is 0 Å². The Labute approximate surface area is 98.5 Å². The van der Waals surface area contributed by atoms with Crippen molar-refractivity contribution in [1.29, 1.82) is 0 Å². The number of nitrogens with zero attached hydrogens (tertiary/aromatic N) is 4. The summed E-state index contributed by atoms with van der Waals surface area (Å²) in [6.07, 6.45) is 3.45. The molecule has 2 aromatic rings. The molecule has 6 heteroatoms. The number of aromatic nitrogens is 4. The smallest absolute Gasteiger partial charge is 0.152 e. The summed E-state index contributed by atoms with van der Waals surface area (Å²) in [6.45, 7) is 2.59. The lowest BCUT2D eigenvalue weighted by atomic mass is 10.3. The molecular weight excluding hydrogens is 226 g/mol. The zero-order chi connectivity index (χ0) is 11.5. The van der Waals surface area contributed by atoms with E-state index in [0.717, 1.165) is 16.9 Å². The molecule has 2 rings (SSSR count). The Balaban J connectivity index is 2.10. The minimum Gasteiger partial charge on any atom is -0.377 e. The number of anilines is 1. The second kappa shape index (κ2) is 4.49. The van der Waals surface area contributed by atoms with Gasteiger partial charge in [0, 0.05) is 13.2 Å². The van der Waals surface area contributed by atoms with Gasteiger partial charge in [-0.15, -0.1) is 5.10 Å². The van der Waals surface area contributed by atoms with E-state index in [1.165, 1.54) is 0 Å². The van der Waals surface area contributed by atoms with Gasteiger partial charge in [0.2, 0.25) is 0 Å². The predicted octanol–water partition coefficient (Wildman–Crippen LogP) is 1.78. The molecule has 0 aliphatic heterocycles. The standard InChI is InChI=1S/C10H12ClN5/c1-7-3-9(10(11)13-4-7)12-5-8-6-14-15-16(8)2/h3-4,6,12H,5H2,1-2H3. The zero-order valence-electron chi connectivity index (χ0n) is 9.11. The van der Waals surface area contributed by atoms with Gasteiger partial charge in [0.15, 0.2) is 5.15 Å². The minimum atomic E-state index is 0.473. The van der Waals surface area contributed by atoms with Gasteiger partial charge in [0.1, 0.15) is 0 Å². The van der Waals surface area contributed by atoms with Crippen molar-refractivity contribution < 1.29 is 0 Å². The van der Waals surface area contributed by atoms with Gasteiger partial charge in [-0.3, -0.25) is 4.68 Å². The highest BCUT2D eigenvalue weighted by Crippen LogP contribution is 2.20. The third-order valence-electron chi connectivity index (χ3n) is 2.24. The number of hydrogen-bond donors (Lipinski definition) is 1. The summed E-state index contributed by atoms with van der Waals surface area (Å²) in [4.78, 5) is 4.07. The fourth-order valence-corrected chi connectivity index (χ4v) is 1.50. The SMILES string of the molecule is Cc1cnc(Cl)c(NCc2cnnn2C)c1. The van der Waals surface area contributed by atoms with E-state index in [0.29, 0.717) is 11.7 Å². The fourth-order valence-electron chi connectivity index (χ4n) is 1.33. The molecule has 0 spiro atoms. The van der Waals surface area contributed by atoms with E-state index in [9.17, 15) is 0 Å². The minimum absolute atomic E-state index is 0.473. The topological polar surface area (TPSA) is 55.6 Å². The summed E-state index contributed by atoms with van der Waals surface area (Å²) in [7, 11) is 1.85. The van der Waals surface area contributed by atoms with Gasteiger partial charge in [-0.25, -0.2) is 4.98 Å². The van der Waals surface area contributed by atoms with Crippen LogP contribution in [0.2, 0.25) is 5.15 Å². The number of pyridine rings is 1. The first-order chi connectivity index (χ1) is 7.66. The quantitative estimate of drug-likeness (QED) is 0.827. The van der Waals surface area contributed by atoms with E-state index in [2.05, 4.69) is 20.6 Å². The third-order valence-corrected chi connectivity index (χ3v) is 2.55. The maximum absolute atomic E-state index is 5.96. The molecule has 0 aliphatic carbocycles. The summed E-state index contributed by atoms with van der Waals surface area (Å²) in [6, 6.07) is 1.96. The first-order valence-electron chi connectivity index (χ1n) is 4.86. The van der Waals surface area contributed by atoms with Crippen molar-refractivity contribution in [1.82, 2.24) is 20.0 Å². The van der Waals surface area contributed by atoms with Crippen LogP contribution in [0.1, 0.15) is 11.3 Å². The maximum Gasteiger partial charge on any atom is 0.152 e. The number of hydrogen-bond acceptors (Lipinski definition) is 4. The average Bonchev–Trinajstić information content (AvgIpc) is 2.66. The van der Waals surface area contributed by atoms with Crippen LogP contribution < -0.4 is 5.32 Å². The molecule has 84 valence electrons. The van der Waals surface area contributed by atoms with Crippen molar-refractivity contribution in [2.75, 3.05) is 5.32 Å². The maximum atomic E-state index is 5.96. The van der Waals surface area contributed by atoms with Gasteiger partial charge in [-0.1, -0.05) is 16.8 Å². The zero-order valence-corrected chi connectivity index (χ0v) is 9.86. The van der Waals surface area contributed by atoms with E-state index in [4.69, 9.17) is 11.6 Å². The Hall–Kier alpha value is -1.62. The Morgan fingerprint density at radius 3 is 2.94 bits per heavy atom. The van der Waals surface area contributed by atoms with Crippen LogP contribution >= 0.6 is 11.6 Å². The second-order valence-corrected chi connectivity index (χ2v) is 3.91. The van der Waals surface area contributed by atoms with Gasteiger partial charge in [-0.05, 0) is 18.6 Å². The largest absolute Gasteiger partial charge is 0.377 e. The molecule has 0 bridgehead atoms. The van der Waals surface area contributed by atoms with Gasteiger partial charge in [0.25, 0.3) is 0 Å². The van der Waals surface area contributed by atoms with Crippen molar-refractivity contribution in [2.24, 2.45) is 7.05 Å². The van der Waals surface area contributed by atoms with Crippen molar-refractivity contribution in [3.63, 3.8) is 0 Å². The molecule has 2 heterocycles. The molecule has 0 saturated heterocycles. The van der Waals surface area contributed by atoms with Gasteiger partial charge in [-0.2, -0.15) is 0 Å². The predicted molar refractivity (Wildman–Crippen MR) is 62.3 cm³/mol. The summed E-state index contributed by atoms with van der Waals surface area (Å²) in [5, 5.41) is 11.3. The van der Waals surface area contributed by atoms with E-state index >= 15 is 0 Å². The summed E-state index contributed by atoms with van der Waals surface area (Å²) in [5.74, 6) is 0. The molecule has 5 nitrogen and oxygen atoms in total. The molecule has 0 amide bonds. The van der Waals surface area contributed by atoms with Crippen LogP contribution in [-0.4, -0.2) is 20.0 Å². The Morgan fingerprint density at radius 1 is 1.44 bits per heavy atom. The van der Waals surface area contributed by atoms with Crippen LogP contribution in [-0.2, 0) is 13.6 Å². The Kier molecular flexibility index (Phi) is 3.05. The summed E-state index contributed by atoms with van der Waals surface area (Å²) >= 11 is 5.96. The molecule has 0 radical (unpaired) electrons. The van der Waals surface area contributed by atoms with Crippen LogP contribution in [0.5, 0.6) is 0 Å². The van der Waals surface area contributed by atoms with Crippen molar-refractivity contribution in [3.05, 3.63) is 34.9 Å². The molecule has 2 aromatic heterocycles. The summed E-state index contributed by atoms with van der Waals surface area (Å²) in [5.41, 5.74) is 2.87. The summed E-state index contributed by atoms with van der Waals surface area (Å²) < 4.78 is 1.71.